The molecule has 1 saturated heterocycles. The highest BCUT2D eigenvalue weighted by atomic mass is 35.5. The summed E-state index contributed by atoms with van der Waals surface area (Å²) in [5.41, 5.74) is 9.24. The first kappa shape index (κ1) is 21.6. The second-order valence-corrected chi connectivity index (χ2v) is 7.20. The van der Waals surface area contributed by atoms with Crippen LogP contribution in [0.2, 0.25) is 0 Å². The Labute approximate surface area is 172 Å². The van der Waals surface area contributed by atoms with Crippen molar-refractivity contribution < 1.29 is 9.21 Å². The zero-order valence-corrected chi connectivity index (χ0v) is 17.1. The molecule has 27 heavy (non-hydrogen) atoms. The highest BCUT2D eigenvalue weighted by molar-refractivity contribution is 5.95. The Balaban J connectivity index is 0.00000131. The number of fused-ring (bicyclic) bond motifs is 1. The lowest BCUT2D eigenvalue weighted by molar-refractivity contribution is 0.0712. The molecule has 0 saturated carbocycles. The summed E-state index contributed by atoms with van der Waals surface area (Å²) >= 11 is 0. The molecule has 148 valence electrons. The van der Waals surface area contributed by atoms with Crippen LogP contribution >= 0.6 is 24.8 Å². The van der Waals surface area contributed by atoms with Crippen molar-refractivity contribution in [2.75, 3.05) is 18.0 Å². The quantitative estimate of drug-likeness (QED) is 0.836. The zero-order valence-electron chi connectivity index (χ0n) is 15.5. The van der Waals surface area contributed by atoms with Crippen LogP contribution in [-0.2, 0) is 13.0 Å². The van der Waals surface area contributed by atoms with Crippen LogP contribution in [0.5, 0.6) is 0 Å². The summed E-state index contributed by atoms with van der Waals surface area (Å²) in [6.45, 7) is 4.30. The number of para-hydroxylation sites is 1. The molecule has 1 aromatic heterocycles. The van der Waals surface area contributed by atoms with E-state index < -0.39 is 0 Å². The van der Waals surface area contributed by atoms with Gasteiger partial charge in [-0.2, -0.15) is 0 Å². The van der Waals surface area contributed by atoms with Crippen LogP contribution in [0.3, 0.4) is 0 Å². The molecule has 1 amide bonds. The van der Waals surface area contributed by atoms with E-state index in [1.165, 1.54) is 11.3 Å². The summed E-state index contributed by atoms with van der Waals surface area (Å²) in [5.74, 6) is 0.819. The zero-order chi connectivity index (χ0) is 17.4. The molecular weight excluding hydrogens is 385 g/mol. The molecule has 1 unspecified atom stereocenters. The summed E-state index contributed by atoms with van der Waals surface area (Å²) in [6.07, 6.45) is 4.40. The van der Waals surface area contributed by atoms with Crippen molar-refractivity contribution in [1.82, 2.24) is 4.90 Å². The number of nitrogens with zero attached hydrogens (tertiary/aromatic N) is 2. The standard InChI is InChI=1S/C20H25N3O2.2ClH/c1-14-12-15-4-2-3-5-18(15)23(14)13-19-17(8-11-25-19)20(24)22-9-6-16(21)7-10-22;;/h2-5,8,11,14,16H,6-7,9-10,12-13,21H2,1H3;2*1H. The number of carbonyl (C=O) groups excluding carboxylic acids is 1. The van der Waals surface area contributed by atoms with Crippen LogP contribution in [0, 0.1) is 0 Å². The first-order valence-corrected chi connectivity index (χ1v) is 9.09. The highest BCUT2D eigenvalue weighted by Gasteiger charge is 2.29. The van der Waals surface area contributed by atoms with E-state index in [2.05, 4.69) is 36.1 Å². The normalized spacial score (nSPS) is 19.3. The van der Waals surface area contributed by atoms with Crippen molar-refractivity contribution in [2.45, 2.75) is 44.8 Å². The smallest absolute Gasteiger partial charge is 0.257 e. The second-order valence-electron chi connectivity index (χ2n) is 7.20. The van der Waals surface area contributed by atoms with E-state index >= 15 is 0 Å². The monoisotopic (exact) mass is 411 g/mol. The summed E-state index contributed by atoms with van der Waals surface area (Å²) < 4.78 is 5.71. The van der Waals surface area contributed by atoms with E-state index in [1.807, 2.05) is 4.90 Å². The Hall–Kier alpha value is -1.69. The average Bonchev–Trinajstić information content (AvgIpc) is 3.20. The van der Waals surface area contributed by atoms with Gasteiger partial charge in [0, 0.05) is 30.9 Å². The molecule has 3 heterocycles. The van der Waals surface area contributed by atoms with E-state index in [1.54, 1.807) is 12.3 Å². The molecule has 1 aromatic carbocycles. The summed E-state index contributed by atoms with van der Waals surface area (Å²) in [4.78, 5) is 17.1. The molecule has 2 aliphatic rings. The predicted octanol–water partition coefficient (Wildman–Crippen LogP) is 3.64. The average molecular weight is 412 g/mol. The predicted molar refractivity (Wildman–Crippen MR) is 112 cm³/mol. The first-order chi connectivity index (χ1) is 12.1. The molecule has 5 nitrogen and oxygen atoms in total. The van der Waals surface area contributed by atoms with Gasteiger partial charge < -0.3 is 20.0 Å². The Morgan fingerprint density at radius 3 is 2.63 bits per heavy atom. The third kappa shape index (κ3) is 4.26. The van der Waals surface area contributed by atoms with Gasteiger partial charge in [0.2, 0.25) is 0 Å². The third-order valence-electron chi connectivity index (χ3n) is 5.47. The van der Waals surface area contributed by atoms with Gasteiger partial charge in [-0.3, -0.25) is 4.79 Å². The number of rotatable bonds is 3. The number of carbonyl (C=O) groups is 1. The Bertz CT molecular complexity index is 772. The number of furan rings is 1. The van der Waals surface area contributed by atoms with E-state index in [0.717, 1.165) is 38.1 Å². The van der Waals surface area contributed by atoms with E-state index in [0.29, 0.717) is 18.2 Å². The first-order valence-electron chi connectivity index (χ1n) is 9.09. The van der Waals surface area contributed by atoms with E-state index in [4.69, 9.17) is 10.2 Å². The van der Waals surface area contributed by atoms with Crippen LogP contribution in [0.15, 0.2) is 41.0 Å². The van der Waals surface area contributed by atoms with Gasteiger partial charge in [0.05, 0.1) is 18.4 Å². The van der Waals surface area contributed by atoms with E-state index in [9.17, 15) is 4.79 Å². The van der Waals surface area contributed by atoms with Crippen LogP contribution in [-0.4, -0.2) is 36.0 Å². The molecule has 2 aliphatic heterocycles. The lowest BCUT2D eigenvalue weighted by Gasteiger charge is -2.30. The molecule has 0 bridgehead atoms. The van der Waals surface area contributed by atoms with Gasteiger partial charge in [-0.05, 0) is 43.9 Å². The maximum Gasteiger partial charge on any atom is 0.257 e. The highest BCUT2D eigenvalue weighted by Crippen LogP contribution is 2.33. The van der Waals surface area contributed by atoms with Crippen molar-refractivity contribution in [3.05, 3.63) is 53.5 Å². The minimum atomic E-state index is 0. The Kier molecular flexibility index (Phi) is 7.20. The van der Waals surface area contributed by atoms with Crippen LogP contribution in [0.25, 0.3) is 0 Å². The molecule has 0 spiro atoms. The number of piperidine rings is 1. The van der Waals surface area contributed by atoms with Crippen molar-refractivity contribution in [1.29, 1.82) is 0 Å². The largest absolute Gasteiger partial charge is 0.467 e. The van der Waals surface area contributed by atoms with Gasteiger partial charge in [0.1, 0.15) is 5.76 Å². The van der Waals surface area contributed by atoms with Gasteiger partial charge in [-0.15, -0.1) is 24.8 Å². The molecule has 1 fully saturated rings. The number of halogens is 2. The molecule has 2 N–H and O–H groups in total. The van der Waals surface area contributed by atoms with Gasteiger partial charge >= 0.3 is 0 Å². The number of hydrogen-bond donors (Lipinski definition) is 1. The van der Waals surface area contributed by atoms with Gasteiger partial charge in [0.15, 0.2) is 0 Å². The molecule has 4 rings (SSSR count). The summed E-state index contributed by atoms with van der Waals surface area (Å²) in [6, 6.07) is 10.9. The number of hydrogen-bond acceptors (Lipinski definition) is 4. The Morgan fingerprint density at radius 2 is 1.89 bits per heavy atom. The van der Waals surface area contributed by atoms with Crippen LogP contribution in [0.1, 0.15) is 41.4 Å². The molecular formula is C20H27Cl2N3O2. The third-order valence-corrected chi connectivity index (χ3v) is 5.47. The van der Waals surface area contributed by atoms with Crippen LogP contribution in [0.4, 0.5) is 5.69 Å². The molecule has 0 aliphatic carbocycles. The lowest BCUT2D eigenvalue weighted by Crippen LogP contribution is -2.43. The molecule has 0 radical (unpaired) electrons. The van der Waals surface area contributed by atoms with Crippen molar-refractivity contribution in [3.8, 4) is 0 Å². The minimum Gasteiger partial charge on any atom is -0.467 e. The fourth-order valence-electron chi connectivity index (χ4n) is 3.95. The second kappa shape index (κ2) is 9.00. The summed E-state index contributed by atoms with van der Waals surface area (Å²) in [7, 11) is 0. The van der Waals surface area contributed by atoms with Crippen molar-refractivity contribution in [2.24, 2.45) is 5.73 Å². The molecule has 7 heteroatoms. The fourth-order valence-corrected chi connectivity index (χ4v) is 3.95. The molecule has 1 atom stereocenters. The minimum absolute atomic E-state index is 0. The van der Waals surface area contributed by atoms with Crippen molar-refractivity contribution >= 4 is 36.4 Å². The van der Waals surface area contributed by atoms with Crippen molar-refractivity contribution in [3.63, 3.8) is 0 Å². The number of anilines is 1. The number of nitrogens with two attached hydrogens (primary N) is 1. The fraction of sp³-hybridized carbons (Fsp3) is 0.450. The van der Waals surface area contributed by atoms with E-state index in [-0.39, 0.29) is 36.8 Å². The lowest BCUT2D eigenvalue weighted by atomic mass is 10.0. The van der Waals surface area contributed by atoms with Crippen LogP contribution < -0.4 is 10.6 Å². The SMILES string of the molecule is CC1Cc2ccccc2N1Cc1occc1C(=O)N1CCC(N)CC1.Cl.Cl. The van der Waals surface area contributed by atoms with Gasteiger partial charge in [-0.25, -0.2) is 0 Å². The number of benzene rings is 1. The number of amides is 1. The Morgan fingerprint density at radius 1 is 1.19 bits per heavy atom. The maximum atomic E-state index is 12.9. The van der Waals surface area contributed by atoms with Gasteiger partial charge in [0.25, 0.3) is 5.91 Å². The maximum absolute atomic E-state index is 12.9. The molecule has 2 aromatic rings. The number of likely N-dealkylation sites (tertiary alicyclic amines) is 1. The summed E-state index contributed by atoms with van der Waals surface area (Å²) in [5, 5.41) is 0. The van der Waals surface area contributed by atoms with Gasteiger partial charge in [-0.1, -0.05) is 18.2 Å². The topological polar surface area (TPSA) is 62.7 Å².